The molecule has 37 heteroatoms. The van der Waals surface area contributed by atoms with Gasteiger partial charge in [0.15, 0.2) is 44.0 Å². The number of nitrogens with one attached hydrogen (secondary N) is 1. The van der Waals surface area contributed by atoms with Gasteiger partial charge in [-0.1, -0.05) is 30.3 Å². The highest BCUT2D eigenvalue weighted by molar-refractivity contribution is 5.67. The first-order valence-electron chi connectivity index (χ1n) is 27.9. The van der Waals surface area contributed by atoms with Crippen LogP contribution in [-0.2, 0) is 77.7 Å². The van der Waals surface area contributed by atoms with E-state index < -0.39 is 267 Å². The van der Waals surface area contributed by atoms with Crippen LogP contribution in [0, 0.1) is 0 Å². The van der Waals surface area contributed by atoms with Gasteiger partial charge in [-0.15, -0.1) is 0 Å². The minimum Gasteiger partial charge on any atom is -0.445 e. The van der Waals surface area contributed by atoms with Crippen LogP contribution in [0.5, 0.6) is 0 Å². The summed E-state index contributed by atoms with van der Waals surface area (Å²) in [4.78, 5) is 13.1. The zero-order chi connectivity index (χ0) is 62.9. The molecule has 21 fully saturated rings. The van der Waals surface area contributed by atoms with E-state index in [9.17, 15) is 107 Å². The number of carbonyl (C=O) groups is 1. The lowest BCUT2D eigenvalue weighted by molar-refractivity contribution is -0.396. The molecule has 1 aromatic carbocycles. The van der Waals surface area contributed by atoms with E-state index in [1.165, 1.54) is 0 Å². The summed E-state index contributed by atoms with van der Waals surface area (Å²) in [5.41, 5.74) is 0.572. The summed E-state index contributed by atoms with van der Waals surface area (Å²) >= 11 is 0. The highest BCUT2D eigenvalue weighted by atomic mass is 16.8. The number of alkyl carbamates (subject to hydrolysis) is 1. The summed E-state index contributed by atoms with van der Waals surface area (Å²) in [7, 11) is 0. The lowest BCUT2D eigenvalue weighted by atomic mass is 9.95. The van der Waals surface area contributed by atoms with Crippen LogP contribution >= 0.6 is 0 Å². The van der Waals surface area contributed by atoms with Gasteiger partial charge in [0, 0.05) is 6.54 Å². The molecule has 21 aliphatic heterocycles. The lowest BCUT2D eigenvalue weighted by Gasteiger charge is -2.50. The van der Waals surface area contributed by atoms with E-state index >= 15 is 0 Å². The molecule has 0 aromatic heterocycles. The molecule has 87 heavy (non-hydrogen) atoms. The highest BCUT2D eigenvalue weighted by Crippen LogP contribution is 2.39. The van der Waals surface area contributed by atoms with Gasteiger partial charge in [-0.05, 0) is 5.56 Å². The van der Waals surface area contributed by atoms with Gasteiger partial charge in [0.1, 0.15) is 178 Å². The van der Waals surface area contributed by atoms with Crippen molar-refractivity contribution >= 4 is 6.09 Å². The van der Waals surface area contributed by atoms with Crippen LogP contribution < -0.4 is 5.32 Å². The van der Waals surface area contributed by atoms with Gasteiger partial charge in [-0.25, -0.2) is 4.79 Å². The Labute approximate surface area is 492 Å². The summed E-state index contributed by atoms with van der Waals surface area (Å²) in [6.45, 7) is -7.35. The van der Waals surface area contributed by atoms with Crippen molar-refractivity contribution < 1.29 is 178 Å². The first-order valence-corrected chi connectivity index (χ1v) is 27.9. The maximum absolute atomic E-state index is 13.1. The third-order valence-electron chi connectivity index (χ3n) is 16.3. The summed E-state index contributed by atoms with van der Waals surface area (Å²) in [5, 5.41) is 226. The number of ether oxygens (including phenoxy) is 15. The van der Waals surface area contributed by atoms with Gasteiger partial charge in [0.25, 0.3) is 0 Å². The fraction of sp³-hybridized carbons (Fsp3) is 0.860. The van der Waals surface area contributed by atoms with Crippen molar-refractivity contribution in [2.24, 2.45) is 0 Å². The van der Waals surface area contributed by atoms with Gasteiger partial charge in [-0.2, -0.15) is 0 Å². The van der Waals surface area contributed by atoms with Crippen LogP contribution in [0.15, 0.2) is 30.3 Å². The second-order valence-electron chi connectivity index (χ2n) is 21.9. The molecule has 22 rings (SSSR count). The monoisotopic (exact) mass is 1270 g/mol. The van der Waals surface area contributed by atoms with E-state index in [2.05, 4.69) is 5.32 Å². The number of benzene rings is 1. The highest BCUT2D eigenvalue weighted by Gasteiger charge is 2.59. The molecule has 21 heterocycles. The molecular weight excluding hydrogens is 1190 g/mol. The number of aliphatic hydroxyl groups is 20. The molecule has 14 bridgehead atoms. The Morgan fingerprint density at radius 1 is 0.310 bits per heavy atom. The van der Waals surface area contributed by atoms with Gasteiger partial charge in [0.2, 0.25) is 0 Å². The summed E-state index contributed by atoms with van der Waals surface area (Å²) in [6.07, 6.45) is -72.5. The smallest absolute Gasteiger partial charge is 0.407 e. The first kappa shape index (κ1) is 68.5. The van der Waals surface area contributed by atoms with Crippen molar-refractivity contribution in [2.45, 2.75) is 222 Å². The van der Waals surface area contributed by atoms with Crippen molar-refractivity contribution in [3.05, 3.63) is 35.9 Å². The Bertz CT molecular complexity index is 2280. The van der Waals surface area contributed by atoms with Gasteiger partial charge < -0.3 is 179 Å². The molecule has 21 aliphatic rings. The molecule has 37 nitrogen and oxygen atoms in total. The van der Waals surface area contributed by atoms with Crippen molar-refractivity contribution in [1.29, 1.82) is 0 Å². The molecule has 21 saturated heterocycles. The predicted octanol–water partition coefficient (Wildman–Crippen LogP) is -13.3. The molecule has 1 amide bonds. The number of carbonyl (C=O) groups excluding carboxylic acids is 1. The summed E-state index contributed by atoms with van der Waals surface area (Å²) < 4.78 is 86.1. The Kier molecular flexibility index (Phi) is 23.5. The van der Waals surface area contributed by atoms with Crippen molar-refractivity contribution in [1.82, 2.24) is 5.32 Å². The van der Waals surface area contributed by atoms with Crippen molar-refractivity contribution in [3.63, 3.8) is 0 Å². The topological polar surface area (TPSA) is 572 Å². The second-order valence-corrected chi connectivity index (χ2v) is 21.9. The average Bonchev–Trinajstić information content (AvgIpc) is 1.73. The van der Waals surface area contributed by atoms with Crippen LogP contribution in [0.3, 0.4) is 0 Å². The van der Waals surface area contributed by atoms with E-state index in [1.54, 1.807) is 30.3 Å². The van der Waals surface area contributed by atoms with Crippen molar-refractivity contribution in [2.75, 3.05) is 46.2 Å². The minimum absolute atomic E-state index is 0.238. The maximum Gasteiger partial charge on any atom is 0.407 e. The van der Waals surface area contributed by atoms with Crippen molar-refractivity contribution in [3.8, 4) is 0 Å². The summed E-state index contributed by atoms with van der Waals surface area (Å²) in [6, 6.07) is 8.38. The van der Waals surface area contributed by atoms with E-state index in [1.807, 2.05) is 0 Å². The van der Waals surface area contributed by atoms with Crippen LogP contribution in [0.25, 0.3) is 0 Å². The third-order valence-corrected chi connectivity index (χ3v) is 16.3. The molecular formula is C50H77NO36. The third kappa shape index (κ3) is 14.4. The quantitative estimate of drug-likeness (QED) is 0.103. The Balaban J connectivity index is 1.01. The first-order chi connectivity index (χ1) is 41.6. The fourth-order valence-corrected chi connectivity index (χ4v) is 11.4. The Hall–Kier alpha value is -2.87. The number of amides is 1. The second kappa shape index (κ2) is 29.8. The molecule has 0 unspecified atom stereocenters. The SMILES string of the molecule is O=C(NC[C@H]1O[C@@H]2O[C@H]3[C@H](O)[C@@H](O)[C@@H](O[C@H]4[C@H](O)[C@@H](O)[C@@H](O[C@H]5[C@H](O)[C@@H](O)[C@@H](O[C@H]6[C@H](O)[C@@H](O)[C@@H](O[C@H]7[C@H](O)[C@@H](O)[C@@H](O[C@H]8[C@H](O)[C@@H](O)[C@@H](O[C@H]1[C@H](O)[C@H]2O)O[C@@H]8CO)O[C@@H]7CO)O[C@@H]6CO)O[C@@H]5CO)O[C@@H]4CO)O[C@@H]3CO)OCc1ccccc1. The molecule has 1 aromatic rings. The Morgan fingerprint density at radius 3 is 0.736 bits per heavy atom. The van der Waals surface area contributed by atoms with Gasteiger partial charge in [-0.3, -0.25) is 0 Å². The zero-order valence-electron chi connectivity index (χ0n) is 45.7. The number of hydrogen-bond donors (Lipinski definition) is 21. The van der Waals surface area contributed by atoms with Crippen LogP contribution in [0.2, 0.25) is 0 Å². The van der Waals surface area contributed by atoms with E-state index in [0.29, 0.717) is 5.56 Å². The average molecular weight is 1270 g/mol. The van der Waals surface area contributed by atoms with E-state index in [-0.39, 0.29) is 6.61 Å². The molecule has 0 saturated carbocycles. The van der Waals surface area contributed by atoms with Crippen LogP contribution in [-0.4, -0.2) is 369 Å². The predicted molar refractivity (Wildman–Crippen MR) is 266 cm³/mol. The minimum atomic E-state index is -2.27. The van der Waals surface area contributed by atoms with E-state index in [0.717, 1.165) is 0 Å². The summed E-state index contributed by atoms with van der Waals surface area (Å²) in [5.74, 6) is 0. The number of aliphatic hydroxyl groups excluding tert-OH is 20. The largest absolute Gasteiger partial charge is 0.445 e. The fourth-order valence-electron chi connectivity index (χ4n) is 11.4. The zero-order valence-corrected chi connectivity index (χ0v) is 45.7. The molecule has 35 atom stereocenters. The standard InChI is InChI=1S/C50H77NO36/c52-7-16-37-24(60)31(67)45(76-16)84-39-18(9-54)78-47(33(69)26(39)62)86-41-20(11-56)80-49(35(71)28(41)64)87-42-21(12-57)79-48(34(70)27(42)63)85-40-19(10-55)77-46(32(68)25(40)61)83-38-17(8-53)75-44(30(66)23(38)59)81-36-15(74-43(82-37)29(65)22(36)58)6-51-50(72)73-13-14-4-2-1-3-5-14/h1-5,15-49,52-71H,6-13H2,(H,51,72)/t15-,16-,17-,18-,19-,20-,21-,22-,23-,24-,25-,26-,27-,28-,29-,30-,31-,32-,33-,34-,35-,36-,37-,38-,39-,40-,41-,42-,43-,44-,45-,46-,47-,48-,49-/m1/s1. The van der Waals surface area contributed by atoms with Crippen LogP contribution in [0.1, 0.15) is 5.56 Å². The molecule has 0 aliphatic carbocycles. The molecule has 498 valence electrons. The normalized spacial score (nSPS) is 50.2. The Morgan fingerprint density at radius 2 is 0.517 bits per heavy atom. The maximum atomic E-state index is 13.1. The van der Waals surface area contributed by atoms with Gasteiger partial charge in [0.05, 0.1) is 39.6 Å². The van der Waals surface area contributed by atoms with E-state index in [4.69, 9.17) is 71.1 Å². The number of hydrogen-bond acceptors (Lipinski definition) is 36. The van der Waals surface area contributed by atoms with Crippen LogP contribution in [0.4, 0.5) is 4.79 Å². The molecule has 0 spiro atoms. The molecule has 0 radical (unpaired) electrons. The van der Waals surface area contributed by atoms with Gasteiger partial charge >= 0.3 is 6.09 Å². The lowest BCUT2D eigenvalue weighted by Crippen LogP contribution is -2.68. The molecule has 21 N–H and O–H groups in total. The number of rotatable bonds is 10.